The number of esters is 1. The summed E-state index contributed by atoms with van der Waals surface area (Å²) in [5, 5.41) is 13.1. The van der Waals surface area contributed by atoms with E-state index >= 15 is 0 Å². The highest BCUT2D eigenvalue weighted by Crippen LogP contribution is 2.60. The molecular weight excluding hydrogens is 328 g/mol. The number of ether oxygens (including phenoxy) is 1. The van der Waals surface area contributed by atoms with Gasteiger partial charge in [-0.25, -0.2) is 4.79 Å². The molecule has 1 aromatic carbocycles. The zero-order valence-corrected chi connectivity index (χ0v) is 14.3. The standard InChI is InChI=1S/C18H22O5S/c19-17(15-1-3-16(4-2-15)24-23-22-20)21-11-18-8-12-5-13(9-18)7-14(6-12)10-18/h1-4,12-14,20H,5-11H2/p-1. The topological polar surface area (TPSA) is 67.8 Å². The number of carbonyl (C=O) groups is 1. The molecule has 4 bridgehead atoms. The molecule has 0 amide bonds. The van der Waals surface area contributed by atoms with Crippen molar-refractivity contribution in [3.05, 3.63) is 29.8 Å². The van der Waals surface area contributed by atoms with Crippen molar-refractivity contribution in [1.29, 1.82) is 0 Å². The van der Waals surface area contributed by atoms with Gasteiger partial charge in [0.2, 0.25) is 0 Å². The SMILES string of the molecule is O=C(OCC12CC3CC(CC(C3)C1)C2)c1ccc(SOO[O-])cc1. The minimum Gasteiger partial charge on any atom is -0.691 e. The van der Waals surface area contributed by atoms with Gasteiger partial charge in [0.1, 0.15) is 0 Å². The Kier molecular flexibility index (Phi) is 4.56. The highest BCUT2D eigenvalue weighted by atomic mass is 32.2. The minimum atomic E-state index is -0.275. The third kappa shape index (κ3) is 3.33. The number of benzene rings is 1. The summed E-state index contributed by atoms with van der Waals surface area (Å²) in [6.07, 6.45) is 7.86. The first kappa shape index (κ1) is 16.4. The zero-order valence-electron chi connectivity index (χ0n) is 13.4. The molecule has 24 heavy (non-hydrogen) atoms. The van der Waals surface area contributed by atoms with Gasteiger partial charge in [-0.05, 0) is 80.5 Å². The van der Waals surface area contributed by atoms with Gasteiger partial charge in [-0.3, -0.25) is 5.04 Å². The zero-order chi connectivity index (χ0) is 16.6. The van der Waals surface area contributed by atoms with Gasteiger partial charge < -0.3 is 9.99 Å². The molecule has 5 rings (SSSR count). The van der Waals surface area contributed by atoms with E-state index in [-0.39, 0.29) is 11.4 Å². The Bertz CT molecular complexity index is 565. The third-order valence-electron chi connectivity index (χ3n) is 5.92. The Balaban J connectivity index is 1.35. The van der Waals surface area contributed by atoms with Gasteiger partial charge in [0.05, 0.1) is 24.2 Å². The number of hydrogen-bond donors (Lipinski definition) is 0. The normalized spacial score (nSPS) is 33.6. The van der Waals surface area contributed by atoms with Gasteiger partial charge in [-0.2, -0.15) is 4.33 Å². The molecule has 0 unspecified atom stereocenters. The summed E-state index contributed by atoms with van der Waals surface area (Å²) in [5.41, 5.74) is 0.756. The largest absolute Gasteiger partial charge is 0.691 e. The number of rotatable bonds is 6. The maximum Gasteiger partial charge on any atom is 0.338 e. The molecular formula is C18H21O5S-. The molecule has 0 saturated heterocycles. The van der Waals surface area contributed by atoms with Gasteiger partial charge >= 0.3 is 5.97 Å². The molecule has 4 aliphatic rings. The fraction of sp³-hybridized carbons (Fsp3) is 0.611. The van der Waals surface area contributed by atoms with Crippen LogP contribution in [0.1, 0.15) is 48.9 Å². The Morgan fingerprint density at radius 1 is 1.08 bits per heavy atom. The molecule has 0 aliphatic heterocycles. The highest BCUT2D eigenvalue weighted by Gasteiger charge is 2.51. The molecule has 0 radical (unpaired) electrons. The minimum absolute atomic E-state index is 0.236. The van der Waals surface area contributed by atoms with E-state index in [1.54, 1.807) is 24.3 Å². The fourth-order valence-corrected chi connectivity index (χ4v) is 5.82. The lowest BCUT2D eigenvalue weighted by molar-refractivity contribution is -0.777. The molecule has 4 saturated carbocycles. The smallest absolute Gasteiger partial charge is 0.338 e. The van der Waals surface area contributed by atoms with Gasteiger partial charge in [-0.1, -0.05) is 0 Å². The molecule has 0 spiro atoms. The van der Waals surface area contributed by atoms with Crippen molar-refractivity contribution < 1.29 is 24.2 Å². The van der Waals surface area contributed by atoms with Crippen LogP contribution in [-0.2, 0) is 14.1 Å². The molecule has 0 aromatic heterocycles. The maximum absolute atomic E-state index is 12.3. The molecule has 130 valence electrons. The van der Waals surface area contributed by atoms with Crippen LogP contribution in [0.25, 0.3) is 0 Å². The monoisotopic (exact) mass is 349 g/mol. The molecule has 4 aliphatic carbocycles. The van der Waals surface area contributed by atoms with Crippen molar-refractivity contribution in [2.75, 3.05) is 6.61 Å². The quantitative estimate of drug-likeness (QED) is 0.340. The Hall–Kier alpha value is -1.08. The summed E-state index contributed by atoms with van der Waals surface area (Å²) in [6, 6.07) is 6.76. The molecule has 0 heterocycles. The number of carbonyl (C=O) groups excluding carboxylic acids is 1. The van der Waals surface area contributed by atoms with Crippen molar-refractivity contribution >= 4 is 18.0 Å². The van der Waals surface area contributed by atoms with Gasteiger partial charge in [0.15, 0.2) is 0 Å². The molecule has 0 N–H and O–H groups in total. The number of hydrogen-bond acceptors (Lipinski definition) is 6. The molecule has 6 heteroatoms. The second kappa shape index (κ2) is 6.67. The lowest BCUT2D eigenvalue weighted by atomic mass is 9.50. The predicted octanol–water partition coefficient (Wildman–Crippen LogP) is 3.29. The van der Waals surface area contributed by atoms with Crippen LogP contribution in [0.4, 0.5) is 0 Å². The Labute approximate surface area is 145 Å². The Morgan fingerprint density at radius 3 is 2.21 bits per heavy atom. The van der Waals surface area contributed by atoms with Crippen LogP contribution in [-0.4, -0.2) is 12.6 Å². The summed E-state index contributed by atoms with van der Waals surface area (Å²) in [6.45, 7) is 0.555. The van der Waals surface area contributed by atoms with Crippen LogP contribution < -0.4 is 5.26 Å². The van der Waals surface area contributed by atoms with Crippen molar-refractivity contribution in [2.45, 2.75) is 43.4 Å². The average molecular weight is 349 g/mol. The van der Waals surface area contributed by atoms with Gasteiger partial charge in [-0.15, -0.1) is 0 Å². The summed E-state index contributed by atoms with van der Waals surface area (Å²) in [7, 11) is 0. The summed E-state index contributed by atoms with van der Waals surface area (Å²) < 4.78 is 9.93. The van der Waals surface area contributed by atoms with E-state index in [1.165, 1.54) is 38.5 Å². The molecule has 4 fully saturated rings. The van der Waals surface area contributed by atoms with Crippen molar-refractivity contribution in [3.8, 4) is 0 Å². The first-order valence-electron chi connectivity index (χ1n) is 8.56. The molecule has 0 atom stereocenters. The van der Waals surface area contributed by atoms with E-state index in [9.17, 15) is 10.1 Å². The second-order valence-electron chi connectivity index (χ2n) is 7.74. The lowest BCUT2D eigenvalue weighted by Crippen LogP contribution is -2.48. The summed E-state index contributed by atoms with van der Waals surface area (Å²) >= 11 is 0.806. The van der Waals surface area contributed by atoms with Crippen molar-refractivity contribution in [3.63, 3.8) is 0 Å². The molecule has 1 aromatic rings. The van der Waals surface area contributed by atoms with Crippen LogP contribution in [0.15, 0.2) is 29.2 Å². The van der Waals surface area contributed by atoms with Crippen molar-refractivity contribution in [1.82, 2.24) is 0 Å². The van der Waals surface area contributed by atoms with Gasteiger partial charge in [0.25, 0.3) is 0 Å². The first-order valence-corrected chi connectivity index (χ1v) is 9.30. The van der Waals surface area contributed by atoms with E-state index in [0.717, 1.165) is 29.8 Å². The van der Waals surface area contributed by atoms with E-state index in [4.69, 9.17) is 4.74 Å². The second-order valence-corrected chi connectivity index (χ2v) is 8.51. The van der Waals surface area contributed by atoms with Crippen LogP contribution >= 0.6 is 12.0 Å². The van der Waals surface area contributed by atoms with E-state index in [2.05, 4.69) is 9.37 Å². The van der Waals surface area contributed by atoms with E-state index in [1.807, 2.05) is 0 Å². The third-order valence-corrected chi connectivity index (χ3v) is 6.51. The predicted molar refractivity (Wildman–Crippen MR) is 85.4 cm³/mol. The van der Waals surface area contributed by atoms with E-state index < -0.39 is 0 Å². The average Bonchev–Trinajstić information content (AvgIpc) is 2.57. The summed E-state index contributed by atoms with van der Waals surface area (Å²) in [5.74, 6) is 2.29. The highest BCUT2D eigenvalue weighted by molar-refractivity contribution is 7.94. The molecule has 5 nitrogen and oxygen atoms in total. The van der Waals surface area contributed by atoms with Crippen molar-refractivity contribution in [2.24, 2.45) is 23.2 Å². The fourth-order valence-electron chi connectivity index (χ4n) is 5.47. The summed E-state index contributed by atoms with van der Waals surface area (Å²) in [4.78, 5) is 13.0. The van der Waals surface area contributed by atoms with E-state index in [0.29, 0.717) is 17.1 Å². The van der Waals surface area contributed by atoms with Crippen LogP contribution in [0.5, 0.6) is 0 Å². The lowest BCUT2D eigenvalue weighted by Gasteiger charge is -2.56. The maximum atomic E-state index is 12.3. The Morgan fingerprint density at radius 2 is 1.67 bits per heavy atom. The first-order chi connectivity index (χ1) is 11.7. The van der Waals surface area contributed by atoms with Crippen LogP contribution in [0.2, 0.25) is 0 Å². The van der Waals surface area contributed by atoms with Crippen LogP contribution in [0, 0.1) is 23.2 Å². The van der Waals surface area contributed by atoms with Crippen LogP contribution in [0.3, 0.4) is 0 Å². The van der Waals surface area contributed by atoms with Gasteiger partial charge in [0, 0.05) is 10.3 Å².